The van der Waals surface area contributed by atoms with Gasteiger partial charge in [0.1, 0.15) is 0 Å². The number of rotatable bonds is 3. The Labute approximate surface area is 136 Å². The number of urea groups is 1. The Morgan fingerprint density at radius 2 is 1.74 bits per heavy atom. The third kappa shape index (κ3) is 5.22. The molecule has 126 valence electrons. The number of nitrogens with zero attached hydrogens (tertiary/aromatic N) is 1. The van der Waals surface area contributed by atoms with Crippen LogP contribution >= 0.6 is 0 Å². The van der Waals surface area contributed by atoms with E-state index < -0.39 is 6.03 Å². The number of morpholine rings is 1. The van der Waals surface area contributed by atoms with Gasteiger partial charge in [-0.2, -0.15) is 0 Å². The summed E-state index contributed by atoms with van der Waals surface area (Å²) in [7, 11) is 1.48. The summed E-state index contributed by atoms with van der Waals surface area (Å²) in [4.78, 5) is 25.2. The van der Waals surface area contributed by atoms with Crippen molar-refractivity contribution in [1.29, 1.82) is 0 Å². The highest BCUT2D eigenvalue weighted by molar-refractivity contribution is 5.95. The van der Waals surface area contributed by atoms with Crippen LogP contribution in [0.25, 0.3) is 0 Å². The van der Waals surface area contributed by atoms with Gasteiger partial charge in [-0.1, -0.05) is 12.1 Å². The van der Waals surface area contributed by atoms with Crippen LogP contribution in [0.3, 0.4) is 0 Å². The van der Waals surface area contributed by atoms with Gasteiger partial charge in [0.15, 0.2) is 0 Å². The Morgan fingerprint density at radius 1 is 1.13 bits per heavy atom. The second-order valence-electron chi connectivity index (χ2n) is 5.81. The summed E-state index contributed by atoms with van der Waals surface area (Å²) >= 11 is 0. The minimum absolute atomic E-state index is 0.236. The lowest BCUT2D eigenvalue weighted by molar-refractivity contribution is -0.0704. The number of amides is 3. The molecular weight excluding hydrogens is 296 g/mol. The molecule has 1 fully saturated rings. The lowest BCUT2D eigenvalue weighted by atomic mass is 10.1. The molecule has 0 radical (unpaired) electrons. The van der Waals surface area contributed by atoms with Gasteiger partial charge < -0.3 is 10.1 Å². The van der Waals surface area contributed by atoms with Crippen LogP contribution in [0.5, 0.6) is 0 Å². The molecule has 0 aliphatic carbocycles. The van der Waals surface area contributed by atoms with E-state index in [0.29, 0.717) is 5.56 Å². The zero-order valence-corrected chi connectivity index (χ0v) is 13.8. The number of nitrogens with one attached hydrogen (secondary N) is 3. The van der Waals surface area contributed by atoms with E-state index in [1.54, 1.807) is 12.1 Å². The normalized spacial score (nSPS) is 21.5. The van der Waals surface area contributed by atoms with Gasteiger partial charge in [0.25, 0.3) is 5.91 Å². The molecule has 0 spiro atoms. The maximum absolute atomic E-state index is 11.9. The van der Waals surface area contributed by atoms with Crippen LogP contribution in [0.2, 0.25) is 0 Å². The average molecular weight is 320 g/mol. The molecule has 1 saturated heterocycles. The summed E-state index contributed by atoms with van der Waals surface area (Å²) in [6.07, 6.45) is 0.471. The van der Waals surface area contributed by atoms with Crippen molar-refractivity contribution in [2.45, 2.75) is 32.6 Å². The van der Waals surface area contributed by atoms with Crippen molar-refractivity contribution >= 4 is 11.9 Å². The number of benzene rings is 1. The zero-order chi connectivity index (χ0) is 16.8. The van der Waals surface area contributed by atoms with E-state index in [-0.39, 0.29) is 18.1 Å². The molecule has 1 aliphatic rings. The van der Waals surface area contributed by atoms with Crippen LogP contribution in [-0.2, 0) is 11.3 Å². The molecular formula is C16H24N4O3. The van der Waals surface area contributed by atoms with Crippen molar-refractivity contribution in [2.24, 2.45) is 0 Å². The molecule has 1 aliphatic heterocycles. The smallest absolute Gasteiger partial charge is 0.333 e. The summed E-state index contributed by atoms with van der Waals surface area (Å²) in [6.45, 7) is 6.80. The predicted molar refractivity (Wildman–Crippen MR) is 86.8 cm³/mol. The Hall–Kier alpha value is -2.12. The van der Waals surface area contributed by atoms with Crippen molar-refractivity contribution in [3.63, 3.8) is 0 Å². The first-order valence-electron chi connectivity index (χ1n) is 7.72. The number of carbonyl (C=O) groups excluding carboxylic acids is 2. The fraction of sp³-hybridized carbons (Fsp3) is 0.500. The lowest BCUT2D eigenvalue weighted by Crippen LogP contribution is -2.45. The van der Waals surface area contributed by atoms with E-state index in [0.717, 1.165) is 25.2 Å². The number of carbonyl (C=O) groups is 2. The highest BCUT2D eigenvalue weighted by Crippen LogP contribution is 2.14. The largest absolute Gasteiger partial charge is 0.373 e. The van der Waals surface area contributed by atoms with Crippen LogP contribution in [-0.4, -0.2) is 49.2 Å². The van der Waals surface area contributed by atoms with Crippen LogP contribution < -0.4 is 16.2 Å². The Kier molecular flexibility index (Phi) is 5.95. The first-order valence-corrected chi connectivity index (χ1v) is 7.72. The highest BCUT2D eigenvalue weighted by atomic mass is 16.5. The van der Waals surface area contributed by atoms with Crippen LogP contribution in [0.4, 0.5) is 4.79 Å². The summed E-state index contributed by atoms with van der Waals surface area (Å²) in [5, 5.41) is 2.35. The molecule has 0 aromatic heterocycles. The maximum atomic E-state index is 11.9. The van der Waals surface area contributed by atoms with Crippen LogP contribution in [0.15, 0.2) is 24.3 Å². The van der Waals surface area contributed by atoms with Gasteiger partial charge in [-0.05, 0) is 31.5 Å². The van der Waals surface area contributed by atoms with E-state index in [9.17, 15) is 9.59 Å². The lowest BCUT2D eigenvalue weighted by Gasteiger charge is -2.35. The fourth-order valence-electron chi connectivity index (χ4n) is 2.68. The van der Waals surface area contributed by atoms with E-state index in [1.165, 1.54) is 7.05 Å². The molecule has 7 heteroatoms. The van der Waals surface area contributed by atoms with Gasteiger partial charge in [-0.15, -0.1) is 0 Å². The van der Waals surface area contributed by atoms with Crippen molar-refractivity contribution in [2.75, 3.05) is 20.1 Å². The monoisotopic (exact) mass is 320 g/mol. The number of ether oxygens (including phenoxy) is 1. The second kappa shape index (κ2) is 7.94. The third-order valence-corrected chi connectivity index (χ3v) is 3.63. The standard InChI is InChI=1S/C16H24N4O3/c1-11-8-20(9-12(2)23-11)10-13-4-6-14(7-5-13)15(21)18-19-16(22)17-3/h4-7,11-12H,8-10H2,1-3H3,(H,18,21)(H2,17,19,22). The molecule has 3 N–H and O–H groups in total. The van der Waals surface area contributed by atoms with E-state index >= 15 is 0 Å². The van der Waals surface area contributed by atoms with Crippen molar-refractivity contribution in [1.82, 2.24) is 21.1 Å². The van der Waals surface area contributed by atoms with Crippen LogP contribution in [0.1, 0.15) is 29.8 Å². The van der Waals surface area contributed by atoms with Gasteiger partial charge in [0.05, 0.1) is 12.2 Å². The van der Waals surface area contributed by atoms with Gasteiger partial charge in [0.2, 0.25) is 0 Å². The minimum Gasteiger partial charge on any atom is -0.373 e. The van der Waals surface area contributed by atoms with Gasteiger partial charge in [-0.3, -0.25) is 15.1 Å². The Balaban J connectivity index is 1.89. The Morgan fingerprint density at radius 3 is 2.30 bits per heavy atom. The average Bonchev–Trinajstić information content (AvgIpc) is 2.52. The molecule has 0 bridgehead atoms. The van der Waals surface area contributed by atoms with Crippen LogP contribution in [0, 0.1) is 0 Å². The van der Waals surface area contributed by atoms with E-state index in [2.05, 4.69) is 34.9 Å². The van der Waals surface area contributed by atoms with Gasteiger partial charge >= 0.3 is 6.03 Å². The topological polar surface area (TPSA) is 82.7 Å². The quantitative estimate of drug-likeness (QED) is 0.722. The SMILES string of the molecule is CNC(=O)NNC(=O)c1ccc(CN2CC(C)OC(C)C2)cc1. The number of hydrogen-bond acceptors (Lipinski definition) is 4. The molecule has 2 unspecified atom stereocenters. The number of hydrazine groups is 1. The van der Waals surface area contributed by atoms with Crippen molar-refractivity contribution in [3.05, 3.63) is 35.4 Å². The molecule has 0 saturated carbocycles. The van der Waals surface area contributed by atoms with Gasteiger partial charge in [-0.25, -0.2) is 10.2 Å². The zero-order valence-electron chi connectivity index (χ0n) is 13.8. The second-order valence-corrected chi connectivity index (χ2v) is 5.81. The van der Waals surface area contributed by atoms with E-state index in [4.69, 9.17) is 4.74 Å². The molecule has 3 amide bonds. The summed E-state index contributed by atoms with van der Waals surface area (Å²) in [5.74, 6) is -0.353. The van der Waals surface area contributed by atoms with Crippen molar-refractivity contribution < 1.29 is 14.3 Å². The molecule has 1 aromatic carbocycles. The first kappa shape index (κ1) is 17.2. The molecule has 1 aromatic rings. The molecule has 1 heterocycles. The van der Waals surface area contributed by atoms with E-state index in [1.807, 2.05) is 12.1 Å². The van der Waals surface area contributed by atoms with Crippen molar-refractivity contribution in [3.8, 4) is 0 Å². The fourth-order valence-corrected chi connectivity index (χ4v) is 2.68. The third-order valence-electron chi connectivity index (χ3n) is 3.63. The predicted octanol–water partition coefficient (Wildman–Crippen LogP) is 0.870. The first-order chi connectivity index (χ1) is 11.0. The molecule has 7 nitrogen and oxygen atoms in total. The summed E-state index contributed by atoms with van der Waals surface area (Å²) in [6, 6.07) is 6.90. The molecule has 2 rings (SSSR count). The highest BCUT2D eigenvalue weighted by Gasteiger charge is 2.22. The minimum atomic E-state index is -0.467. The Bertz CT molecular complexity index is 537. The summed E-state index contributed by atoms with van der Waals surface area (Å²) < 4.78 is 5.73. The molecule has 23 heavy (non-hydrogen) atoms. The summed E-state index contributed by atoms with van der Waals surface area (Å²) in [5.41, 5.74) is 6.22. The molecule has 2 atom stereocenters. The number of hydrogen-bond donors (Lipinski definition) is 3. The van der Waals surface area contributed by atoms with Gasteiger partial charge in [0, 0.05) is 32.2 Å². The maximum Gasteiger partial charge on any atom is 0.333 e.